The number of ether oxygens (including phenoxy) is 4. The maximum Gasteiger partial charge on any atom is 0.417 e. The molecule has 0 radical (unpaired) electrons. The summed E-state index contributed by atoms with van der Waals surface area (Å²) in [5.41, 5.74) is 1.79. The molecule has 0 unspecified atom stereocenters. The van der Waals surface area contributed by atoms with Gasteiger partial charge in [0.1, 0.15) is 17.6 Å². The third-order valence-corrected chi connectivity index (χ3v) is 8.42. The number of carbonyl (C=O) groups excluding carboxylic acids is 1. The Labute approximate surface area is 238 Å². The van der Waals surface area contributed by atoms with E-state index in [0.29, 0.717) is 56.4 Å². The van der Waals surface area contributed by atoms with E-state index in [1.54, 1.807) is 19.6 Å². The summed E-state index contributed by atoms with van der Waals surface area (Å²) in [6, 6.07) is 7.46. The second kappa shape index (κ2) is 11.6. The Morgan fingerprint density at radius 1 is 1.27 bits per heavy atom. The highest BCUT2D eigenvalue weighted by atomic mass is 16.6. The maximum atomic E-state index is 13.2. The van der Waals surface area contributed by atoms with Crippen LogP contribution in [0.2, 0.25) is 0 Å². The summed E-state index contributed by atoms with van der Waals surface area (Å²) in [5.74, 6) is 1.44. The van der Waals surface area contributed by atoms with Crippen LogP contribution in [0, 0.1) is 5.92 Å². The van der Waals surface area contributed by atoms with E-state index in [1.165, 1.54) is 11.2 Å². The molecule has 0 saturated carbocycles. The molecule has 2 saturated heterocycles. The molecule has 1 aromatic carbocycles. The molecular formula is C31H35N3O7. The number of amides is 1. The van der Waals surface area contributed by atoms with E-state index in [1.807, 2.05) is 36.4 Å². The number of carbonyl (C=O) groups is 1. The molecular weight excluding hydrogens is 526 g/mol. The van der Waals surface area contributed by atoms with Crippen LogP contribution in [-0.2, 0) is 14.2 Å². The smallest absolute Gasteiger partial charge is 0.417 e. The number of hydrogen-bond acceptors (Lipinski definition) is 9. The van der Waals surface area contributed by atoms with E-state index < -0.39 is 17.8 Å². The van der Waals surface area contributed by atoms with Gasteiger partial charge in [-0.15, -0.1) is 0 Å². The Kier molecular flexibility index (Phi) is 7.70. The van der Waals surface area contributed by atoms with E-state index in [0.717, 1.165) is 34.9 Å². The van der Waals surface area contributed by atoms with E-state index in [4.69, 9.17) is 18.9 Å². The number of hydrogen-bond donors (Lipinski definition) is 2. The van der Waals surface area contributed by atoms with Crippen LogP contribution in [0.15, 0.2) is 78.4 Å². The van der Waals surface area contributed by atoms with Gasteiger partial charge in [0, 0.05) is 50.2 Å². The van der Waals surface area contributed by atoms with Gasteiger partial charge in [-0.25, -0.2) is 9.69 Å². The number of nitrogens with zero attached hydrogens (tertiary/aromatic N) is 3. The molecule has 0 bridgehead atoms. The molecule has 10 heteroatoms. The van der Waals surface area contributed by atoms with Gasteiger partial charge in [0.15, 0.2) is 12.0 Å². The number of rotatable bonds is 8. The standard InChI is InChI=1S/C31H35N3O7/c1-38-23-7-8-26-25(15-23)24(9-12-32-26)27(36)17-33-13-11-31(22(16-33)10-14-35)20-34(30(37)41-31)29-19-39-18-28(40-29)21-5-3-2-4-6-21/h2-3,5,7-9,12,15,18-19,22,27,35-36H,4,6,10-11,13-14,16-17,20H2,1H3/t22-,27+,31-/m1/s1. The number of pyridine rings is 1. The number of aliphatic hydroxyl groups excluding tert-OH is 2. The van der Waals surface area contributed by atoms with Crippen molar-refractivity contribution >= 4 is 17.0 Å². The minimum Gasteiger partial charge on any atom is -0.497 e. The average Bonchev–Trinajstić information content (AvgIpc) is 3.35. The van der Waals surface area contributed by atoms with Crippen molar-refractivity contribution in [3.63, 3.8) is 0 Å². The monoisotopic (exact) mass is 561 g/mol. The SMILES string of the molecule is COc1ccc2nccc([C@@H](O)CN3CC[C@@]4(CN(C5=COC=C(C6=CC=CCC6)O5)C(=O)O4)[C@H](CCO)C3)c2c1. The van der Waals surface area contributed by atoms with Crippen molar-refractivity contribution in [3.05, 3.63) is 84.0 Å². The molecule has 216 valence electrons. The summed E-state index contributed by atoms with van der Waals surface area (Å²) in [6.07, 6.45) is 12.2. The molecule has 2 N–H and O–H groups in total. The van der Waals surface area contributed by atoms with Gasteiger partial charge in [0.25, 0.3) is 0 Å². The summed E-state index contributed by atoms with van der Waals surface area (Å²) < 4.78 is 23.1. The van der Waals surface area contributed by atoms with Gasteiger partial charge >= 0.3 is 6.09 Å². The van der Waals surface area contributed by atoms with E-state index >= 15 is 0 Å². The van der Waals surface area contributed by atoms with Gasteiger partial charge in [0.05, 0.1) is 25.3 Å². The van der Waals surface area contributed by atoms with Crippen LogP contribution < -0.4 is 4.74 Å². The predicted octanol–water partition coefficient (Wildman–Crippen LogP) is 4.14. The molecule has 1 amide bonds. The van der Waals surface area contributed by atoms with Crippen molar-refractivity contribution in [2.24, 2.45) is 5.92 Å². The summed E-state index contributed by atoms with van der Waals surface area (Å²) >= 11 is 0. The molecule has 4 aliphatic rings. The van der Waals surface area contributed by atoms with Crippen molar-refractivity contribution in [2.75, 3.05) is 39.9 Å². The molecule has 1 aliphatic carbocycles. The molecule has 3 aliphatic heterocycles. The zero-order chi connectivity index (χ0) is 28.4. The first-order valence-electron chi connectivity index (χ1n) is 14.0. The summed E-state index contributed by atoms with van der Waals surface area (Å²) in [7, 11) is 1.61. The number of aliphatic hydroxyl groups is 2. The van der Waals surface area contributed by atoms with Gasteiger partial charge in [-0.3, -0.25) is 9.88 Å². The second-order valence-electron chi connectivity index (χ2n) is 10.9. The molecule has 6 rings (SSSR count). The molecule has 2 aromatic rings. The van der Waals surface area contributed by atoms with Gasteiger partial charge in [-0.1, -0.05) is 18.2 Å². The Balaban J connectivity index is 1.15. The minimum atomic E-state index is -0.781. The molecule has 4 heterocycles. The Morgan fingerprint density at radius 3 is 2.98 bits per heavy atom. The van der Waals surface area contributed by atoms with Crippen molar-refractivity contribution in [1.29, 1.82) is 0 Å². The lowest BCUT2D eigenvalue weighted by molar-refractivity contribution is -0.0631. The van der Waals surface area contributed by atoms with Crippen molar-refractivity contribution in [3.8, 4) is 5.75 Å². The highest BCUT2D eigenvalue weighted by Crippen LogP contribution is 2.42. The number of fused-ring (bicyclic) bond motifs is 1. The Bertz CT molecular complexity index is 1430. The largest absolute Gasteiger partial charge is 0.497 e. The minimum absolute atomic E-state index is 0.0357. The topological polar surface area (TPSA) is 114 Å². The van der Waals surface area contributed by atoms with Crippen LogP contribution in [0.5, 0.6) is 5.75 Å². The molecule has 1 aromatic heterocycles. The highest BCUT2D eigenvalue weighted by Gasteiger charge is 2.54. The molecule has 41 heavy (non-hydrogen) atoms. The summed E-state index contributed by atoms with van der Waals surface area (Å²) in [6.45, 7) is 1.83. The number of benzene rings is 1. The van der Waals surface area contributed by atoms with E-state index in [2.05, 4.69) is 16.0 Å². The van der Waals surface area contributed by atoms with Crippen LogP contribution in [0.3, 0.4) is 0 Å². The third-order valence-electron chi connectivity index (χ3n) is 8.42. The fraction of sp³-hybridized carbons (Fsp3) is 0.419. The van der Waals surface area contributed by atoms with Crippen LogP contribution in [-0.4, -0.2) is 76.6 Å². The first-order chi connectivity index (χ1) is 20.0. The second-order valence-corrected chi connectivity index (χ2v) is 10.9. The first-order valence-corrected chi connectivity index (χ1v) is 14.0. The van der Waals surface area contributed by atoms with Crippen molar-refractivity contribution < 1.29 is 34.0 Å². The number of β-amino-alcohol motifs (C(OH)–C–C–N with tert-alkyl or cyclic N) is 1. The zero-order valence-corrected chi connectivity index (χ0v) is 23.1. The number of piperidine rings is 1. The maximum absolute atomic E-state index is 13.2. The number of allylic oxidation sites excluding steroid dienone is 4. The third kappa shape index (κ3) is 5.42. The Hall–Kier alpha value is -3.86. The van der Waals surface area contributed by atoms with Gasteiger partial charge in [-0.05, 0) is 54.7 Å². The fourth-order valence-corrected chi connectivity index (χ4v) is 6.19. The van der Waals surface area contributed by atoms with Crippen molar-refractivity contribution in [2.45, 2.75) is 37.4 Å². The lowest BCUT2D eigenvalue weighted by Crippen LogP contribution is -2.55. The average molecular weight is 562 g/mol. The first kappa shape index (κ1) is 27.3. The Morgan fingerprint density at radius 2 is 2.17 bits per heavy atom. The molecule has 10 nitrogen and oxygen atoms in total. The molecule has 1 spiro atoms. The van der Waals surface area contributed by atoms with Crippen molar-refractivity contribution in [1.82, 2.24) is 14.8 Å². The number of aromatic nitrogens is 1. The van der Waals surface area contributed by atoms with Crippen LogP contribution in [0.4, 0.5) is 4.79 Å². The number of methoxy groups -OCH3 is 1. The van der Waals surface area contributed by atoms with Crippen LogP contribution >= 0.6 is 0 Å². The lowest BCUT2D eigenvalue weighted by Gasteiger charge is -2.44. The quantitative estimate of drug-likeness (QED) is 0.491. The molecule has 3 atom stereocenters. The lowest BCUT2D eigenvalue weighted by atomic mass is 9.78. The zero-order valence-electron chi connectivity index (χ0n) is 23.1. The normalized spacial score (nSPS) is 25.2. The van der Waals surface area contributed by atoms with Gasteiger partial charge in [-0.2, -0.15) is 0 Å². The summed E-state index contributed by atoms with van der Waals surface area (Å²) in [4.78, 5) is 21.2. The van der Waals surface area contributed by atoms with Gasteiger partial charge < -0.3 is 29.2 Å². The molecule has 2 fully saturated rings. The number of likely N-dealkylation sites (tertiary alicyclic amines) is 1. The van der Waals surface area contributed by atoms with Gasteiger partial charge in [0.2, 0.25) is 5.88 Å². The van der Waals surface area contributed by atoms with Crippen LogP contribution in [0.25, 0.3) is 10.9 Å². The van der Waals surface area contributed by atoms with E-state index in [9.17, 15) is 15.0 Å². The predicted molar refractivity (Wildman–Crippen MR) is 150 cm³/mol. The summed E-state index contributed by atoms with van der Waals surface area (Å²) in [5, 5.41) is 22.1. The van der Waals surface area contributed by atoms with Crippen LogP contribution in [0.1, 0.15) is 37.4 Å². The highest BCUT2D eigenvalue weighted by molar-refractivity contribution is 5.83. The fourth-order valence-electron chi connectivity index (χ4n) is 6.19. The van der Waals surface area contributed by atoms with E-state index in [-0.39, 0.29) is 12.5 Å².